The van der Waals surface area contributed by atoms with Gasteiger partial charge in [-0.3, -0.25) is 9.59 Å². The molecule has 1 aliphatic carbocycles. The van der Waals surface area contributed by atoms with Crippen LogP contribution >= 0.6 is 11.6 Å². The highest BCUT2D eigenvalue weighted by Gasteiger charge is 2.42. The first-order valence-electron chi connectivity index (χ1n) is 6.35. The van der Waals surface area contributed by atoms with E-state index in [1.165, 1.54) is 0 Å². The molecule has 19 heavy (non-hydrogen) atoms. The maximum Gasteiger partial charge on any atom is 0.385 e. The minimum Gasteiger partial charge on any atom is -0.501 e. The second kappa shape index (κ2) is 6.98. The van der Waals surface area contributed by atoms with E-state index in [-0.39, 0.29) is 12.5 Å². The molecule has 0 amide bonds. The maximum atomic E-state index is 12.9. The molecule has 0 heterocycles. The summed E-state index contributed by atoms with van der Waals surface area (Å²) in [4.78, 5) is 23.6. The Morgan fingerprint density at radius 2 is 1.89 bits per heavy atom. The number of ether oxygens (including phenoxy) is 1. The third-order valence-electron chi connectivity index (χ3n) is 3.11. The molecule has 0 radical (unpaired) electrons. The number of Topliss-reactive ketones (excluding diaryl/α,β-unsaturated/α-hetero) is 2. The highest BCUT2D eigenvalue weighted by Crippen LogP contribution is 2.30. The fourth-order valence-corrected chi connectivity index (χ4v) is 2.23. The Morgan fingerprint density at radius 3 is 2.37 bits per heavy atom. The largest absolute Gasteiger partial charge is 0.501 e. The van der Waals surface area contributed by atoms with Gasteiger partial charge in [0.25, 0.3) is 5.78 Å². The van der Waals surface area contributed by atoms with Crippen molar-refractivity contribution in [1.29, 1.82) is 0 Å². The van der Waals surface area contributed by atoms with E-state index >= 15 is 0 Å². The second-order valence-corrected chi connectivity index (χ2v) is 4.99. The van der Waals surface area contributed by atoms with Crippen LogP contribution in [0.3, 0.4) is 0 Å². The van der Waals surface area contributed by atoms with Crippen LogP contribution in [0.2, 0.25) is 0 Å². The van der Waals surface area contributed by atoms with E-state index in [4.69, 9.17) is 16.3 Å². The summed E-state index contributed by atoms with van der Waals surface area (Å²) < 4.78 is 30.6. The first-order chi connectivity index (χ1) is 8.88. The van der Waals surface area contributed by atoms with Gasteiger partial charge in [0.05, 0.1) is 12.9 Å². The van der Waals surface area contributed by atoms with Crippen LogP contribution in [0.1, 0.15) is 39.0 Å². The monoisotopic (exact) mass is 294 g/mol. The molecule has 0 unspecified atom stereocenters. The van der Waals surface area contributed by atoms with Gasteiger partial charge in [0.1, 0.15) is 5.57 Å². The summed E-state index contributed by atoms with van der Waals surface area (Å²) in [6.07, 6.45) is 4.80. The van der Waals surface area contributed by atoms with Crippen LogP contribution < -0.4 is 0 Å². The van der Waals surface area contributed by atoms with Crippen LogP contribution in [-0.2, 0) is 14.3 Å². The number of allylic oxidation sites excluding steroid dienone is 1. The molecular weight excluding hydrogens is 278 g/mol. The number of halogens is 3. The van der Waals surface area contributed by atoms with Crippen LogP contribution in [0.15, 0.2) is 11.8 Å². The number of alkyl halides is 3. The van der Waals surface area contributed by atoms with Gasteiger partial charge in [-0.05, 0) is 31.4 Å². The van der Waals surface area contributed by atoms with Crippen LogP contribution in [-0.4, -0.2) is 23.6 Å². The number of carbonyl (C=O) groups is 2. The minimum absolute atomic E-state index is 0.183. The third-order valence-corrected chi connectivity index (χ3v) is 3.28. The summed E-state index contributed by atoms with van der Waals surface area (Å²) in [5.74, 6) is -2.65. The molecule has 1 aliphatic rings. The second-order valence-electron chi connectivity index (χ2n) is 4.51. The highest BCUT2D eigenvalue weighted by molar-refractivity contribution is 6.39. The number of hydrogen-bond donors (Lipinski definition) is 0. The summed E-state index contributed by atoms with van der Waals surface area (Å²) in [7, 11) is 0. The van der Waals surface area contributed by atoms with Gasteiger partial charge >= 0.3 is 5.38 Å². The molecule has 6 heteroatoms. The van der Waals surface area contributed by atoms with Crippen molar-refractivity contribution in [3.05, 3.63) is 11.8 Å². The topological polar surface area (TPSA) is 43.4 Å². The van der Waals surface area contributed by atoms with Crippen molar-refractivity contribution in [3.63, 3.8) is 0 Å². The molecule has 108 valence electrons. The average molecular weight is 295 g/mol. The Balaban J connectivity index is 2.90. The maximum absolute atomic E-state index is 12.9. The lowest BCUT2D eigenvalue weighted by Crippen LogP contribution is -2.31. The molecule has 0 atom stereocenters. The van der Waals surface area contributed by atoms with Gasteiger partial charge in [-0.1, -0.05) is 19.3 Å². The zero-order valence-corrected chi connectivity index (χ0v) is 11.5. The zero-order valence-electron chi connectivity index (χ0n) is 10.8. The summed E-state index contributed by atoms with van der Waals surface area (Å²) in [6.45, 7) is 1.81. The SMILES string of the molecule is CCOC=C(C(=O)C1CCCCC1)C(=O)C(F)(F)Cl. The smallest absolute Gasteiger partial charge is 0.385 e. The third kappa shape index (κ3) is 4.56. The molecule has 0 aliphatic heterocycles. The Morgan fingerprint density at radius 1 is 1.32 bits per heavy atom. The van der Waals surface area contributed by atoms with Crippen molar-refractivity contribution in [2.45, 2.75) is 44.4 Å². The molecule has 0 N–H and O–H groups in total. The van der Waals surface area contributed by atoms with E-state index in [0.717, 1.165) is 25.5 Å². The van der Waals surface area contributed by atoms with Crippen LogP contribution in [0.25, 0.3) is 0 Å². The molecule has 3 nitrogen and oxygen atoms in total. The van der Waals surface area contributed by atoms with Crippen molar-refractivity contribution in [2.24, 2.45) is 5.92 Å². The first-order valence-corrected chi connectivity index (χ1v) is 6.73. The Labute approximate surface area is 115 Å². The molecule has 0 spiro atoms. The molecule has 0 bridgehead atoms. The number of rotatable bonds is 6. The average Bonchev–Trinajstić information content (AvgIpc) is 2.38. The molecule has 1 saturated carbocycles. The molecule has 1 rings (SSSR count). The van der Waals surface area contributed by atoms with Gasteiger partial charge in [0.2, 0.25) is 0 Å². The predicted octanol–water partition coefficient (Wildman–Crippen LogP) is 3.46. The minimum atomic E-state index is -4.08. The van der Waals surface area contributed by atoms with Gasteiger partial charge in [0, 0.05) is 5.92 Å². The lowest BCUT2D eigenvalue weighted by atomic mass is 9.83. The van der Waals surface area contributed by atoms with Crippen molar-refractivity contribution >= 4 is 23.2 Å². The Bertz CT molecular complexity index is 369. The van der Waals surface area contributed by atoms with Crippen molar-refractivity contribution in [3.8, 4) is 0 Å². The highest BCUT2D eigenvalue weighted by atomic mass is 35.5. The van der Waals surface area contributed by atoms with Gasteiger partial charge in [-0.2, -0.15) is 8.78 Å². The number of hydrogen-bond acceptors (Lipinski definition) is 3. The van der Waals surface area contributed by atoms with Gasteiger partial charge in [-0.25, -0.2) is 0 Å². The summed E-state index contributed by atoms with van der Waals surface area (Å²) in [5.41, 5.74) is -0.631. The molecular formula is C13H17ClF2O3. The summed E-state index contributed by atoms with van der Waals surface area (Å²) in [5, 5.41) is -4.08. The predicted molar refractivity (Wildman–Crippen MR) is 67.1 cm³/mol. The van der Waals surface area contributed by atoms with E-state index in [1.807, 2.05) is 0 Å². The van der Waals surface area contributed by atoms with E-state index in [1.54, 1.807) is 6.92 Å². The van der Waals surface area contributed by atoms with Crippen molar-refractivity contribution in [1.82, 2.24) is 0 Å². The fraction of sp³-hybridized carbons (Fsp3) is 0.692. The van der Waals surface area contributed by atoms with E-state index < -0.39 is 22.5 Å². The van der Waals surface area contributed by atoms with Gasteiger partial charge in [0.15, 0.2) is 5.78 Å². The normalized spacial score (nSPS) is 18.2. The quantitative estimate of drug-likeness (QED) is 0.248. The van der Waals surface area contributed by atoms with Gasteiger partial charge in [-0.15, -0.1) is 0 Å². The molecule has 0 saturated heterocycles. The molecule has 0 aromatic heterocycles. The summed E-state index contributed by atoms with van der Waals surface area (Å²) in [6, 6.07) is 0. The van der Waals surface area contributed by atoms with Gasteiger partial charge < -0.3 is 4.74 Å². The van der Waals surface area contributed by atoms with E-state index in [0.29, 0.717) is 12.8 Å². The Kier molecular flexibility index (Phi) is 5.91. The molecule has 1 fully saturated rings. The fourth-order valence-electron chi connectivity index (χ4n) is 2.13. The van der Waals surface area contributed by atoms with Crippen LogP contribution in [0, 0.1) is 5.92 Å². The summed E-state index contributed by atoms with van der Waals surface area (Å²) >= 11 is 4.71. The zero-order chi connectivity index (χ0) is 14.5. The van der Waals surface area contributed by atoms with Crippen LogP contribution in [0.4, 0.5) is 8.78 Å². The number of carbonyl (C=O) groups excluding carboxylic acids is 2. The van der Waals surface area contributed by atoms with Crippen LogP contribution in [0.5, 0.6) is 0 Å². The van der Waals surface area contributed by atoms with Crippen molar-refractivity contribution in [2.75, 3.05) is 6.61 Å². The molecule has 0 aromatic carbocycles. The lowest BCUT2D eigenvalue weighted by molar-refractivity contribution is -0.133. The number of ketones is 2. The van der Waals surface area contributed by atoms with Crippen molar-refractivity contribution < 1.29 is 23.1 Å². The standard InChI is InChI=1S/C13H17ClF2O3/c1-2-19-8-10(12(18)13(14,15)16)11(17)9-6-4-3-5-7-9/h8-9H,2-7H2,1H3. The van der Waals surface area contributed by atoms with E-state index in [2.05, 4.69) is 0 Å². The Hall–Kier alpha value is -0.970. The first kappa shape index (κ1) is 16.1. The molecule has 0 aromatic rings. The lowest BCUT2D eigenvalue weighted by Gasteiger charge is -2.21. The van der Waals surface area contributed by atoms with E-state index in [9.17, 15) is 18.4 Å².